The van der Waals surface area contributed by atoms with Crippen molar-refractivity contribution in [1.82, 2.24) is 5.01 Å². The van der Waals surface area contributed by atoms with Gasteiger partial charge in [-0.05, 0) is 42.4 Å². The Hall–Kier alpha value is -1.44. The molecule has 1 amide bonds. The largest absolute Gasteiger partial charge is 0.458 e. The van der Waals surface area contributed by atoms with Crippen LogP contribution in [0.2, 0.25) is 0 Å². The van der Waals surface area contributed by atoms with Crippen LogP contribution < -0.4 is 0 Å². The molecule has 3 aliphatic carbocycles. The molecule has 0 aromatic rings. The minimum absolute atomic E-state index is 0.0644. The molecule has 4 fully saturated rings. The zero-order valence-corrected chi connectivity index (χ0v) is 17.0. The topological polar surface area (TPSA) is 93.1 Å². The van der Waals surface area contributed by atoms with Crippen molar-refractivity contribution in [3.05, 3.63) is 0 Å². The molecule has 5 atom stereocenters. The first-order valence-corrected chi connectivity index (χ1v) is 11.7. The average Bonchev–Trinajstić information content (AvgIpc) is 2.96. The average molecular weight is 397 g/mol. The van der Waals surface area contributed by atoms with Crippen molar-refractivity contribution in [2.24, 2.45) is 28.3 Å². The fraction of sp³-hybridized carbons (Fsp3) is 0.842. The number of hydrogen-bond acceptors (Lipinski definition) is 6. The van der Waals surface area contributed by atoms with Gasteiger partial charge in [-0.3, -0.25) is 4.79 Å². The van der Waals surface area contributed by atoms with Crippen LogP contribution in [0, 0.1) is 23.2 Å². The van der Waals surface area contributed by atoms with Crippen molar-refractivity contribution < 1.29 is 22.7 Å². The molecule has 2 aliphatic heterocycles. The predicted molar refractivity (Wildman–Crippen MR) is 99.6 cm³/mol. The smallest absolute Gasteiger partial charge is 0.354 e. The van der Waals surface area contributed by atoms with Crippen LogP contribution in [0.3, 0.4) is 0 Å². The Bertz CT molecular complexity index is 803. The fourth-order valence-electron chi connectivity index (χ4n) is 5.44. The highest BCUT2D eigenvalue weighted by Crippen LogP contribution is 2.61. The highest BCUT2D eigenvalue weighted by atomic mass is 32.2. The van der Waals surface area contributed by atoms with Gasteiger partial charge in [0.1, 0.15) is 11.8 Å². The number of esters is 1. The SMILES string of the molecule is C[C@@H]1[C@@H](OC(=O)C2=NN([C@@H]3CCS(=O)(=O)C3)C(=O)CC2)C[C@@H]2C[C@@H]1C2(C)C. The number of sulfone groups is 1. The van der Waals surface area contributed by atoms with Crippen molar-refractivity contribution in [1.29, 1.82) is 0 Å². The number of hydrogen-bond donors (Lipinski definition) is 0. The molecule has 0 spiro atoms. The maximum Gasteiger partial charge on any atom is 0.354 e. The van der Waals surface area contributed by atoms with E-state index in [-0.39, 0.29) is 42.1 Å². The number of carbonyl (C=O) groups excluding carboxylic acids is 2. The van der Waals surface area contributed by atoms with Gasteiger partial charge in [0, 0.05) is 12.8 Å². The minimum atomic E-state index is -3.13. The summed E-state index contributed by atoms with van der Waals surface area (Å²) in [6, 6.07) is -0.465. The monoisotopic (exact) mass is 396 g/mol. The van der Waals surface area contributed by atoms with Crippen molar-refractivity contribution in [2.75, 3.05) is 11.5 Å². The van der Waals surface area contributed by atoms with E-state index in [0.717, 1.165) is 6.42 Å². The van der Waals surface area contributed by atoms with Crippen LogP contribution in [0.15, 0.2) is 5.10 Å². The summed E-state index contributed by atoms with van der Waals surface area (Å²) in [5.74, 6) is 0.788. The van der Waals surface area contributed by atoms with Gasteiger partial charge in [0.25, 0.3) is 0 Å². The lowest BCUT2D eigenvalue weighted by molar-refractivity contribution is -0.180. The Morgan fingerprint density at radius 1 is 1.26 bits per heavy atom. The van der Waals surface area contributed by atoms with E-state index in [4.69, 9.17) is 4.74 Å². The third-order valence-corrected chi connectivity index (χ3v) is 9.14. The standard InChI is InChI=1S/C19H28N2O5S/c1-11-14-8-12(19(14,2)3)9-16(11)26-18(23)15-4-5-17(22)21(20-15)13-6-7-27(24,25)10-13/h11-14,16H,4-10H2,1-3H3/t11-,12-,13+,14-,16-/m0/s1. The third-order valence-electron chi connectivity index (χ3n) is 7.39. The summed E-state index contributed by atoms with van der Waals surface area (Å²) in [6.07, 6.45) is 2.79. The van der Waals surface area contributed by atoms with E-state index in [1.165, 1.54) is 11.4 Å². The van der Waals surface area contributed by atoms with Gasteiger partial charge in [-0.2, -0.15) is 5.10 Å². The van der Waals surface area contributed by atoms with Gasteiger partial charge in [-0.1, -0.05) is 20.8 Å². The minimum Gasteiger partial charge on any atom is -0.458 e. The molecule has 0 aromatic carbocycles. The number of ether oxygens (including phenoxy) is 1. The lowest BCUT2D eigenvalue weighted by atomic mass is 9.45. The van der Waals surface area contributed by atoms with Gasteiger partial charge in [-0.25, -0.2) is 18.2 Å². The Balaban J connectivity index is 1.44. The van der Waals surface area contributed by atoms with Crippen LogP contribution in [0.5, 0.6) is 0 Å². The first-order valence-electron chi connectivity index (χ1n) is 9.89. The van der Waals surface area contributed by atoms with Crippen LogP contribution in [-0.4, -0.2) is 54.7 Å². The lowest BCUT2D eigenvalue weighted by Crippen LogP contribution is -2.57. The second-order valence-electron chi connectivity index (χ2n) is 9.24. The molecule has 0 unspecified atom stereocenters. The molecule has 8 heteroatoms. The number of nitrogens with zero attached hydrogens (tertiary/aromatic N) is 2. The van der Waals surface area contributed by atoms with Gasteiger partial charge in [0.05, 0.1) is 17.5 Å². The Morgan fingerprint density at radius 2 is 2.00 bits per heavy atom. The summed E-state index contributed by atoms with van der Waals surface area (Å²) < 4.78 is 29.2. The van der Waals surface area contributed by atoms with Gasteiger partial charge >= 0.3 is 5.97 Å². The highest BCUT2D eigenvalue weighted by Gasteiger charge is 2.57. The summed E-state index contributed by atoms with van der Waals surface area (Å²) in [5, 5.41) is 5.44. The molecule has 3 saturated carbocycles. The predicted octanol–water partition coefficient (Wildman–Crippen LogP) is 1.77. The summed E-state index contributed by atoms with van der Waals surface area (Å²) in [7, 11) is -3.13. The first kappa shape index (κ1) is 18.9. The van der Waals surface area contributed by atoms with Gasteiger partial charge < -0.3 is 4.74 Å². The third kappa shape index (κ3) is 3.19. The first-order chi connectivity index (χ1) is 12.6. The zero-order chi connectivity index (χ0) is 19.6. The quantitative estimate of drug-likeness (QED) is 0.678. The number of rotatable bonds is 3. The molecule has 2 bridgehead atoms. The number of fused-ring (bicyclic) bond motifs is 2. The van der Waals surface area contributed by atoms with Crippen molar-refractivity contribution in [2.45, 2.75) is 65.0 Å². The van der Waals surface area contributed by atoms with Crippen molar-refractivity contribution in [3.63, 3.8) is 0 Å². The van der Waals surface area contributed by atoms with E-state index in [9.17, 15) is 18.0 Å². The Morgan fingerprint density at radius 3 is 2.59 bits per heavy atom. The molecular weight excluding hydrogens is 368 g/mol. The molecule has 7 nitrogen and oxygen atoms in total. The van der Waals surface area contributed by atoms with Crippen LogP contribution in [0.4, 0.5) is 0 Å². The summed E-state index contributed by atoms with van der Waals surface area (Å²) in [4.78, 5) is 24.9. The van der Waals surface area contributed by atoms with E-state index >= 15 is 0 Å². The van der Waals surface area contributed by atoms with E-state index in [0.29, 0.717) is 29.6 Å². The van der Waals surface area contributed by atoms with Gasteiger partial charge in [-0.15, -0.1) is 0 Å². The van der Waals surface area contributed by atoms with E-state index in [2.05, 4.69) is 25.9 Å². The van der Waals surface area contributed by atoms with Crippen LogP contribution in [0.1, 0.15) is 52.9 Å². The van der Waals surface area contributed by atoms with Crippen molar-refractivity contribution >= 4 is 27.4 Å². The second-order valence-corrected chi connectivity index (χ2v) is 11.5. The van der Waals surface area contributed by atoms with Crippen LogP contribution in [0.25, 0.3) is 0 Å². The molecular formula is C19H28N2O5S. The summed E-state index contributed by atoms with van der Waals surface area (Å²) in [6.45, 7) is 6.75. The molecule has 150 valence electrons. The van der Waals surface area contributed by atoms with Gasteiger partial charge in [0.2, 0.25) is 5.91 Å². The molecule has 27 heavy (non-hydrogen) atoms. The summed E-state index contributed by atoms with van der Waals surface area (Å²) in [5.41, 5.74) is 0.562. The second kappa shape index (κ2) is 6.29. The molecule has 1 saturated heterocycles. The maximum atomic E-state index is 12.7. The molecule has 0 radical (unpaired) electrons. The Kier molecular flexibility index (Phi) is 4.40. The zero-order valence-electron chi connectivity index (χ0n) is 16.2. The molecule has 5 rings (SSSR count). The number of carbonyl (C=O) groups is 2. The summed E-state index contributed by atoms with van der Waals surface area (Å²) >= 11 is 0. The van der Waals surface area contributed by atoms with Crippen molar-refractivity contribution in [3.8, 4) is 0 Å². The molecule has 5 aliphatic rings. The van der Waals surface area contributed by atoms with Crippen LogP contribution >= 0.6 is 0 Å². The van der Waals surface area contributed by atoms with E-state index in [1.54, 1.807) is 0 Å². The molecule has 0 N–H and O–H groups in total. The maximum absolute atomic E-state index is 12.7. The number of hydrazone groups is 1. The highest BCUT2D eigenvalue weighted by molar-refractivity contribution is 7.91. The van der Waals surface area contributed by atoms with E-state index in [1.807, 2.05) is 0 Å². The number of amides is 1. The van der Waals surface area contributed by atoms with E-state index < -0.39 is 21.8 Å². The lowest BCUT2D eigenvalue weighted by Gasteiger charge is -2.61. The molecule has 0 aromatic heterocycles. The normalized spacial score (nSPS) is 39.5. The van der Waals surface area contributed by atoms with Gasteiger partial charge in [0.15, 0.2) is 9.84 Å². The van der Waals surface area contributed by atoms with Crippen LogP contribution in [-0.2, 0) is 24.2 Å². The molecule has 2 heterocycles. The fourth-order valence-corrected chi connectivity index (χ4v) is 7.13. The Labute approximate surface area is 160 Å².